The zero-order chi connectivity index (χ0) is 17.2. The summed E-state index contributed by atoms with van der Waals surface area (Å²) in [6.45, 7) is 1.77. The maximum Gasteiger partial charge on any atom is 0.190 e. The van der Waals surface area contributed by atoms with Crippen molar-refractivity contribution in [3.05, 3.63) is 66.5 Å². The molecule has 0 saturated carbocycles. The van der Waals surface area contributed by atoms with Crippen LogP contribution in [0.3, 0.4) is 0 Å². The first-order valence-electron chi connectivity index (χ1n) is 8.66. The van der Waals surface area contributed by atoms with Gasteiger partial charge < -0.3 is 14.9 Å². The molecule has 1 unspecified atom stereocenters. The van der Waals surface area contributed by atoms with Crippen molar-refractivity contribution in [3.8, 4) is 5.75 Å². The van der Waals surface area contributed by atoms with Crippen LogP contribution in [0.5, 0.6) is 5.75 Å². The number of phenolic OH excluding ortho intramolecular Hbond substituents is 1. The van der Waals surface area contributed by atoms with Crippen LogP contribution in [0.2, 0.25) is 0 Å². The number of pyridine rings is 1. The SMILES string of the molecule is O=C(/C=C/N1CC2CC[C@H](C1)N2c1ccccn1)c1ccccc1O. The Bertz CT molecular complexity index is 777. The molecule has 1 aromatic heterocycles. The number of phenols is 1. The second-order valence-corrected chi connectivity index (χ2v) is 6.63. The minimum absolute atomic E-state index is 0.0252. The van der Waals surface area contributed by atoms with E-state index in [1.165, 1.54) is 6.07 Å². The van der Waals surface area contributed by atoms with Crippen LogP contribution in [-0.2, 0) is 0 Å². The summed E-state index contributed by atoms with van der Waals surface area (Å²) >= 11 is 0. The lowest BCUT2D eigenvalue weighted by molar-refractivity contribution is 0.104. The number of fused-ring (bicyclic) bond motifs is 2. The summed E-state index contributed by atoms with van der Waals surface area (Å²) in [4.78, 5) is 21.4. The van der Waals surface area contributed by atoms with Crippen molar-refractivity contribution in [1.29, 1.82) is 0 Å². The van der Waals surface area contributed by atoms with Gasteiger partial charge in [0.25, 0.3) is 0 Å². The summed E-state index contributed by atoms with van der Waals surface area (Å²) < 4.78 is 0. The fourth-order valence-electron chi connectivity index (χ4n) is 3.88. The van der Waals surface area contributed by atoms with Crippen molar-refractivity contribution in [2.45, 2.75) is 24.9 Å². The lowest BCUT2D eigenvalue weighted by Gasteiger charge is -2.41. The molecule has 128 valence electrons. The van der Waals surface area contributed by atoms with Gasteiger partial charge in [0.2, 0.25) is 0 Å². The van der Waals surface area contributed by atoms with Crippen LogP contribution in [0.15, 0.2) is 60.9 Å². The van der Waals surface area contributed by atoms with Gasteiger partial charge in [0, 0.05) is 43.6 Å². The Morgan fingerprint density at radius 3 is 2.48 bits per heavy atom. The number of likely N-dealkylation sites (tertiary alicyclic amines) is 1. The van der Waals surface area contributed by atoms with E-state index >= 15 is 0 Å². The second-order valence-electron chi connectivity index (χ2n) is 6.63. The number of carbonyl (C=O) groups is 1. The Balaban J connectivity index is 1.45. The number of carbonyl (C=O) groups excluding carboxylic acids is 1. The fourth-order valence-corrected chi connectivity index (χ4v) is 3.88. The highest BCUT2D eigenvalue weighted by atomic mass is 16.3. The first-order chi connectivity index (χ1) is 12.2. The predicted octanol–water partition coefficient (Wildman–Crippen LogP) is 2.84. The van der Waals surface area contributed by atoms with Gasteiger partial charge in [0.05, 0.1) is 5.56 Å². The van der Waals surface area contributed by atoms with Gasteiger partial charge in [-0.25, -0.2) is 4.98 Å². The van der Waals surface area contributed by atoms with Crippen molar-refractivity contribution in [2.24, 2.45) is 0 Å². The van der Waals surface area contributed by atoms with Crippen molar-refractivity contribution >= 4 is 11.6 Å². The normalized spacial score (nSPS) is 22.6. The number of ketones is 1. The number of nitrogens with zero attached hydrogens (tertiary/aromatic N) is 3. The van der Waals surface area contributed by atoms with E-state index in [9.17, 15) is 9.90 Å². The molecule has 2 saturated heterocycles. The van der Waals surface area contributed by atoms with E-state index in [0.717, 1.165) is 31.7 Å². The third-order valence-electron chi connectivity index (χ3n) is 5.03. The van der Waals surface area contributed by atoms with Crippen LogP contribution < -0.4 is 4.90 Å². The molecule has 0 aliphatic carbocycles. The van der Waals surface area contributed by atoms with Gasteiger partial charge in [-0.1, -0.05) is 18.2 Å². The molecule has 2 atom stereocenters. The quantitative estimate of drug-likeness (QED) is 0.688. The molecule has 2 aliphatic rings. The van der Waals surface area contributed by atoms with Gasteiger partial charge in [-0.05, 0) is 37.1 Å². The highest BCUT2D eigenvalue weighted by molar-refractivity contribution is 6.06. The zero-order valence-corrected chi connectivity index (χ0v) is 14.0. The minimum atomic E-state index is -0.169. The molecule has 3 heterocycles. The van der Waals surface area contributed by atoms with E-state index in [0.29, 0.717) is 17.6 Å². The number of hydrogen-bond acceptors (Lipinski definition) is 5. The molecule has 5 nitrogen and oxygen atoms in total. The molecule has 2 aromatic rings. The number of hydrogen-bond donors (Lipinski definition) is 1. The lowest BCUT2D eigenvalue weighted by atomic mass is 10.1. The Morgan fingerprint density at radius 1 is 1.08 bits per heavy atom. The Morgan fingerprint density at radius 2 is 1.80 bits per heavy atom. The number of piperazine rings is 1. The number of benzene rings is 1. The van der Waals surface area contributed by atoms with Gasteiger partial charge in [-0.3, -0.25) is 4.79 Å². The van der Waals surface area contributed by atoms with E-state index in [-0.39, 0.29) is 11.5 Å². The molecule has 0 radical (unpaired) electrons. The number of allylic oxidation sites excluding steroid dienone is 1. The van der Waals surface area contributed by atoms with Crippen LogP contribution in [0.25, 0.3) is 0 Å². The number of aromatic hydroxyl groups is 1. The molecule has 2 bridgehead atoms. The largest absolute Gasteiger partial charge is 0.507 e. The van der Waals surface area contributed by atoms with Gasteiger partial charge in [-0.2, -0.15) is 0 Å². The summed E-state index contributed by atoms with van der Waals surface area (Å²) in [5.74, 6) is 0.902. The molecule has 1 N–H and O–H groups in total. The van der Waals surface area contributed by atoms with Crippen LogP contribution >= 0.6 is 0 Å². The molecule has 25 heavy (non-hydrogen) atoms. The van der Waals surface area contributed by atoms with Crippen molar-refractivity contribution in [3.63, 3.8) is 0 Å². The van der Waals surface area contributed by atoms with Crippen LogP contribution in [0, 0.1) is 0 Å². The third kappa shape index (κ3) is 3.09. The topological polar surface area (TPSA) is 56.7 Å². The highest BCUT2D eigenvalue weighted by Crippen LogP contribution is 2.33. The maximum absolute atomic E-state index is 12.3. The van der Waals surface area contributed by atoms with Crippen molar-refractivity contribution in [2.75, 3.05) is 18.0 Å². The molecule has 2 fully saturated rings. The minimum Gasteiger partial charge on any atom is -0.507 e. The molecule has 1 aromatic carbocycles. The van der Waals surface area contributed by atoms with E-state index < -0.39 is 0 Å². The summed E-state index contributed by atoms with van der Waals surface area (Å²) in [6, 6.07) is 13.5. The average molecular weight is 335 g/mol. The predicted molar refractivity (Wildman–Crippen MR) is 96.7 cm³/mol. The number of aromatic nitrogens is 1. The van der Waals surface area contributed by atoms with E-state index in [2.05, 4.69) is 20.9 Å². The third-order valence-corrected chi connectivity index (χ3v) is 5.03. The Hall–Kier alpha value is -2.82. The van der Waals surface area contributed by atoms with E-state index in [4.69, 9.17) is 0 Å². The summed E-state index contributed by atoms with van der Waals surface area (Å²) in [5, 5.41) is 9.79. The van der Waals surface area contributed by atoms with E-state index in [1.807, 2.05) is 24.5 Å². The first kappa shape index (κ1) is 15.7. The van der Waals surface area contributed by atoms with Crippen molar-refractivity contribution < 1.29 is 9.90 Å². The lowest BCUT2D eigenvalue weighted by Crippen LogP contribution is -2.52. The number of anilines is 1. The molecule has 0 amide bonds. The second kappa shape index (κ2) is 6.59. The highest BCUT2D eigenvalue weighted by Gasteiger charge is 2.39. The Labute approximate surface area is 147 Å². The molecular formula is C20H21N3O2. The van der Waals surface area contributed by atoms with Gasteiger partial charge in [-0.15, -0.1) is 0 Å². The van der Waals surface area contributed by atoms with E-state index in [1.54, 1.807) is 24.3 Å². The summed E-state index contributed by atoms with van der Waals surface area (Å²) in [7, 11) is 0. The smallest absolute Gasteiger partial charge is 0.190 e. The van der Waals surface area contributed by atoms with Gasteiger partial charge in [0.1, 0.15) is 11.6 Å². The van der Waals surface area contributed by atoms with Gasteiger partial charge in [0.15, 0.2) is 5.78 Å². The van der Waals surface area contributed by atoms with Crippen LogP contribution in [0.1, 0.15) is 23.2 Å². The molecule has 4 rings (SSSR count). The molecular weight excluding hydrogens is 314 g/mol. The molecule has 5 heteroatoms. The summed E-state index contributed by atoms with van der Waals surface area (Å²) in [5.41, 5.74) is 0.342. The van der Waals surface area contributed by atoms with Crippen LogP contribution in [0.4, 0.5) is 5.82 Å². The van der Waals surface area contributed by atoms with Crippen LogP contribution in [-0.4, -0.2) is 45.9 Å². The monoisotopic (exact) mass is 335 g/mol. The fraction of sp³-hybridized carbons (Fsp3) is 0.300. The first-order valence-corrected chi connectivity index (χ1v) is 8.66. The standard InChI is InChI=1S/C20H21N3O2/c24-18-6-2-1-5-17(18)19(25)10-12-22-13-15-8-9-16(14-22)23(15)20-7-3-4-11-21-20/h1-7,10-12,15-16,24H,8-9,13-14H2/b12-10+/t15-,16?/m1/s1. The average Bonchev–Trinajstić information content (AvgIpc) is 2.91. The van der Waals surface area contributed by atoms with Gasteiger partial charge >= 0.3 is 0 Å². The number of para-hydroxylation sites is 1. The molecule has 0 spiro atoms. The number of rotatable bonds is 4. The maximum atomic E-state index is 12.3. The molecule has 2 aliphatic heterocycles. The summed E-state index contributed by atoms with van der Waals surface area (Å²) in [6.07, 6.45) is 7.57. The Kier molecular flexibility index (Phi) is 4.14. The van der Waals surface area contributed by atoms with Crippen molar-refractivity contribution in [1.82, 2.24) is 9.88 Å². The zero-order valence-electron chi connectivity index (χ0n) is 14.0.